The highest BCUT2D eigenvalue weighted by molar-refractivity contribution is 14.1. The van der Waals surface area contributed by atoms with Crippen molar-refractivity contribution in [2.24, 2.45) is 0 Å². The van der Waals surface area contributed by atoms with Gasteiger partial charge >= 0.3 is 0 Å². The third-order valence-corrected chi connectivity index (χ3v) is 4.90. The molecular weight excluding hydrogens is 341 g/mol. The summed E-state index contributed by atoms with van der Waals surface area (Å²) >= 11 is 2.06. The molecule has 0 spiro atoms. The van der Waals surface area contributed by atoms with Gasteiger partial charge in [-0.3, -0.25) is 4.79 Å². The molecule has 0 unspecified atom stereocenters. The smallest absolute Gasteiger partial charge is 0.268 e. The summed E-state index contributed by atoms with van der Waals surface area (Å²) in [6.45, 7) is 2.09. The predicted octanol–water partition coefficient (Wildman–Crippen LogP) is 1.85. The average Bonchev–Trinajstić information content (AvgIpc) is 2.40. The number of sulfonamides is 1. The normalized spacial score (nSPS) is 17.6. The second kappa shape index (κ2) is 3.99. The summed E-state index contributed by atoms with van der Waals surface area (Å²) in [5.74, 6) is -0.407. The van der Waals surface area contributed by atoms with Crippen LogP contribution in [0.15, 0.2) is 23.1 Å². The molecule has 0 saturated heterocycles. The number of amides is 1. The molecule has 1 aliphatic heterocycles. The lowest BCUT2D eigenvalue weighted by Gasteiger charge is -2.12. The van der Waals surface area contributed by atoms with Crippen molar-refractivity contribution < 1.29 is 13.2 Å². The number of carbonyl (C=O) groups excluding carboxylic acids is 1. The van der Waals surface area contributed by atoms with Crippen molar-refractivity contribution >= 4 is 38.5 Å². The van der Waals surface area contributed by atoms with Crippen molar-refractivity contribution in [1.29, 1.82) is 0 Å². The number of carbonyl (C=O) groups is 1. The van der Waals surface area contributed by atoms with Crippen molar-refractivity contribution in [2.45, 2.75) is 18.2 Å². The van der Waals surface area contributed by atoms with Gasteiger partial charge in [-0.15, -0.1) is 0 Å². The molecule has 6 heteroatoms. The van der Waals surface area contributed by atoms with Crippen molar-refractivity contribution in [2.75, 3.05) is 6.54 Å². The highest BCUT2D eigenvalue weighted by Gasteiger charge is 2.40. The lowest BCUT2D eigenvalue weighted by Crippen LogP contribution is -2.30. The summed E-state index contributed by atoms with van der Waals surface area (Å²) in [5.41, 5.74) is 0.292. The number of benzene rings is 1. The topological polar surface area (TPSA) is 54.5 Å². The first kappa shape index (κ1) is 11.8. The molecule has 1 heterocycles. The van der Waals surface area contributed by atoms with E-state index in [0.717, 1.165) is 7.88 Å². The van der Waals surface area contributed by atoms with E-state index in [9.17, 15) is 13.2 Å². The predicted molar refractivity (Wildman–Crippen MR) is 67.7 cm³/mol. The van der Waals surface area contributed by atoms with Crippen LogP contribution in [0.1, 0.15) is 23.7 Å². The molecule has 1 amide bonds. The van der Waals surface area contributed by atoms with E-state index >= 15 is 0 Å². The Morgan fingerprint density at radius 2 is 2.06 bits per heavy atom. The Labute approximate surface area is 108 Å². The molecular formula is C10H10INO3S. The Morgan fingerprint density at radius 3 is 2.69 bits per heavy atom. The largest absolute Gasteiger partial charge is 0.269 e. The van der Waals surface area contributed by atoms with Crippen molar-refractivity contribution in [3.63, 3.8) is 0 Å². The van der Waals surface area contributed by atoms with E-state index < -0.39 is 15.9 Å². The van der Waals surface area contributed by atoms with E-state index in [2.05, 4.69) is 22.6 Å². The molecule has 16 heavy (non-hydrogen) atoms. The number of rotatable bonds is 2. The Kier molecular flexibility index (Phi) is 2.95. The van der Waals surface area contributed by atoms with Gasteiger partial charge in [0.1, 0.15) is 4.90 Å². The number of fused-ring (bicyclic) bond motifs is 1. The number of hydrogen-bond acceptors (Lipinski definition) is 3. The lowest BCUT2D eigenvalue weighted by atomic mass is 10.2. The van der Waals surface area contributed by atoms with Gasteiger partial charge in [0.2, 0.25) is 0 Å². The van der Waals surface area contributed by atoms with Gasteiger partial charge in [-0.2, -0.15) is 0 Å². The average molecular weight is 351 g/mol. The van der Waals surface area contributed by atoms with E-state index in [1.54, 1.807) is 12.1 Å². The Morgan fingerprint density at radius 1 is 1.38 bits per heavy atom. The van der Waals surface area contributed by atoms with Gasteiger partial charge in [0, 0.05) is 10.1 Å². The molecule has 0 fully saturated rings. The summed E-state index contributed by atoms with van der Waals surface area (Å²) in [7, 11) is -3.59. The van der Waals surface area contributed by atoms with Crippen LogP contribution >= 0.6 is 22.6 Å². The van der Waals surface area contributed by atoms with Crippen LogP contribution in [0.2, 0.25) is 0 Å². The fourth-order valence-corrected chi connectivity index (χ4v) is 3.81. The first-order valence-electron chi connectivity index (χ1n) is 4.85. The molecule has 4 nitrogen and oxygen atoms in total. The van der Waals surface area contributed by atoms with E-state index in [-0.39, 0.29) is 11.4 Å². The van der Waals surface area contributed by atoms with Crippen LogP contribution in [0.5, 0.6) is 0 Å². The van der Waals surface area contributed by atoms with Gasteiger partial charge in [0.05, 0.1) is 5.56 Å². The van der Waals surface area contributed by atoms with E-state index in [1.807, 2.05) is 6.92 Å². The minimum Gasteiger partial charge on any atom is -0.268 e. The standard InChI is InChI=1S/C10H10INO3S/c1-2-5-12-10(13)8-6-7(11)3-4-9(8)16(12,14)15/h3-4,6H,2,5H2,1H3. The third kappa shape index (κ3) is 1.64. The van der Waals surface area contributed by atoms with Crippen LogP contribution in [-0.4, -0.2) is 25.2 Å². The van der Waals surface area contributed by atoms with Crippen molar-refractivity contribution in [1.82, 2.24) is 4.31 Å². The monoisotopic (exact) mass is 351 g/mol. The fourth-order valence-electron chi connectivity index (χ4n) is 1.68. The van der Waals surface area contributed by atoms with Crippen LogP contribution in [0, 0.1) is 3.57 Å². The van der Waals surface area contributed by atoms with E-state index in [0.29, 0.717) is 12.0 Å². The molecule has 0 atom stereocenters. The van der Waals surface area contributed by atoms with Gasteiger partial charge in [-0.25, -0.2) is 12.7 Å². The molecule has 0 radical (unpaired) electrons. The van der Waals surface area contributed by atoms with Gasteiger partial charge in [0.25, 0.3) is 15.9 Å². The third-order valence-electron chi connectivity index (χ3n) is 2.39. The molecule has 0 aliphatic carbocycles. The molecule has 0 aromatic heterocycles. The molecule has 2 rings (SSSR count). The van der Waals surface area contributed by atoms with Crippen LogP contribution in [0.25, 0.3) is 0 Å². The zero-order chi connectivity index (χ0) is 11.9. The summed E-state index contributed by atoms with van der Waals surface area (Å²) < 4.78 is 25.8. The number of halogens is 1. The summed E-state index contributed by atoms with van der Waals surface area (Å²) in [6, 6.07) is 4.81. The highest BCUT2D eigenvalue weighted by Crippen LogP contribution is 2.31. The Balaban J connectivity index is 2.62. The second-order valence-corrected chi connectivity index (χ2v) is 6.60. The Hall–Kier alpha value is -0.630. The van der Waals surface area contributed by atoms with E-state index in [4.69, 9.17) is 0 Å². The number of hydrogen-bond donors (Lipinski definition) is 0. The molecule has 1 aliphatic rings. The molecule has 0 N–H and O–H groups in total. The van der Waals surface area contributed by atoms with Crippen LogP contribution in [0.4, 0.5) is 0 Å². The first-order valence-corrected chi connectivity index (χ1v) is 7.37. The van der Waals surface area contributed by atoms with Gasteiger partial charge < -0.3 is 0 Å². The van der Waals surface area contributed by atoms with Crippen molar-refractivity contribution in [3.8, 4) is 0 Å². The maximum atomic E-state index is 12.0. The quantitative estimate of drug-likeness (QED) is 0.765. The molecule has 1 aromatic carbocycles. The second-order valence-electron chi connectivity index (χ2n) is 3.52. The summed E-state index contributed by atoms with van der Waals surface area (Å²) in [5, 5.41) is 0. The van der Waals surface area contributed by atoms with Gasteiger partial charge in [-0.05, 0) is 47.2 Å². The van der Waals surface area contributed by atoms with Gasteiger partial charge in [0.15, 0.2) is 0 Å². The van der Waals surface area contributed by atoms with Gasteiger partial charge in [-0.1, -0.05) is 6.92 Å². The zero-order valence-corrected chi connectivity index (χ0v) is 11.6. The maximum Gasteiger partial charge on any atom is 0.269 e. The minimum absolute atomic E-state index is 0.131. The van der Waals surface area contributed by atoms with E-state index in [1.165, 1.54) is 6.07 Å². The molecule has 86 valence electrons. The SMILES string of the molecule is CCCN1C(=O)c2cc(I)ccc2S1(=O)=O. The zero-order valence-electron chi connectivity index (χ0n) is 8.60. The number of nitrogens with zero attached hydrogens (tertiary/aromatic N) is 1. The Bertz CT molecular complexity index is 553. The maximum absolute atomic E-state index is 12.0. The van der Waals surface area contributed by atoms with Crippen LogP contribution in [0.3, 0.4) is 0 Å². The van der Waals surface area contributed by atoms with Crippen LogP contribution < -0.4 is 0 Å². The summed E-state index contributed by atoms with van der Waals surface area (Å²) in [6.07, 6.45) is 0.621. The first-order chi connectivity index (χ1) is 7.48. The summed E-state index contributed by atoms with van der Waals surface area (Å²) in [4.78, 5) is 12.0. The lowest BCUT2D eigenvalue weighted by molar-refractivity contribution is 0.0871. The fraction of sp³-hybridized carbons (Fsp3) is 0.300. The highest BCUT2D eigenvalue weighted by atomic mass is 127. The minimum atomic E-state index is -3.59. The van der Waals surface area contributed by atoms with Crippen LogP contribution in [-0.2, 0) is 10.0 Å². The molecule has 0 bridgehead atoms. The van der Waals surface area contributed by atoms with Crippen molar-refractivity contribution in [3.05, 3.63) is 27.3 Å². The molecule has 0 saturated carbocycles. The molecule has 1 aromatic rings.